The summed E-state index contributed by atoms with van der Waals surface area (Å²) in [6.45, 7) is 4.55. The molecule has 7 rings (SSSR count). The summed E-state index contributed by atoms with van der Waals surface area (Å²) in [5.74, 6) is -0.572. The third kappa shape index (κ3) is 5.35. The van der Waals surface area contributed by atoms with Gasteiger partial charge in [-0.15, -0.1) is 0 Å². The van der Waals surface area contributed by atoms with Crippen LogP contribution in [-0.2, 0) is 22.6 Å². The van der Waals surface area contributed by atoms with E-state index in [1.54, 1.807) is 0 Å². The first-order valence-electron chi connectivity index (χ1n) is 15.6. The van der Waals surface area contributed by atoms with Crippen molar-refractivity contribution in [1.29, 1.82) is 0 Å². The Morgan fingerprint density at radius 2 is 1.51 bits per heavy atom. The predicted octanol–water partition coefficient (Wildman–Crippen LogP) is 6.13. The maximum Gasteiger partial charge on any atom is 0.227 e. The molecular weight excluding hydrogens is 554 g/mol. The van der Waals surface area contributed by atoms with E-state index in [0.717, 1.165) is 54.9 Å². The van der Waals surface area contributed by atoms with Crippen LogP contribution in [0.1, 0.15) is 37.0 Å². The van der Waals surface area contributed by atoms with Gasteiger partial charge in [0.05, 0.1) is 18.1 Å². The third-order valence-corrected chi connectivity index (χ3v) is 8.98. The number of carbonyl (C=O) groups is 2. The number of aliphatic imine (C=N–C) groups is 1. The standard InChI is InChI=1S/C40H35N3O2/c1-26(2)43(25-27-13-5-3-6-14-27)37(44)22-34-31-18-9-10-19-32(31)38-35(24-42-39(38)28-15-7-4-8-16-28)33(40(34)45)21-29-23-41-36-20-12-11-17-30(29)36/h3-20,23-24,26,33,41H,21-22,25H2,1-2H3. The first-order chi connectivity index (χ1) is 22.0. The predicted molar refractivity (Wildman–Crippen MR) is 181 cm³/mol. The van der Waals surface area contributed by atoms with Gasteiger partial charge in [-0.2, -0.15) is 0 Å². The van der Waals surface area contributed by atoms with E-state index in [9.17, 15) is 9.59 Å². The zero-order valence-electron chi connectivity index (χ0n) is 25.5. The fourth-order valence-corrected chi connectivity index (χ4v) is 6.71. The van der Waals surface area contributed by atoms with Gasteiger partial charge in [0.25, 0.3) is 0 Å². The van der Waals surface area contributed by atoms with E-state index in [4.69, 9.17) is 4.99 Å². The lowest BCUT2D eigenvalue weighted by Crippen LogP contribution is -2.39. The SMILES string of the molecule is CC(C)N(Cc1ccccc1)C(=O)CC1=c2ccccc2=C2C(=CN=C2c2ccccc2)C(Cc2c[nH]c3ccccc23)C1=O. The summed E-state index contributed by atoms with van der Waals surface area (Å²) in [7, 11) is 0. The first-order valence-corrected chi connectivity index (χ1v) is 15.6. The second-order valence-electron chi connectivity index (χ2n) is 12.1. The van der Waals surface area contributed by atoms with E-state index < -0.39 is 5.92 Å². The average molecular weight is 590 g/mol. The highest BCUT2D eigenvalue weighted by atomic mass is 16.2. The number of hydrogen-bond acceptors (Lipinski definition) is 3. The van der Waals surface area contributed by atoms with Gasteiger partial charge < -0.3 is 9.88 Å². The largest absolute Gasteiger partial charge is 0.361 e. The summed E-state index contributed by atoms with van der Waals surface area (Å²) in [6, 6.07) is 36.3. The van der Waals surface area contributed by atoms with Crippen molar-refractivity contribution in [2.24, 2.45) is 10.9 Å². The normalized spacial score (nSPS) is 15.9. The fourth-order valence-electron chi connectivity index (χ4n) is 6.71. The average Bonchev–Trinajstić information content (AvgIpc) is 3.68. The molecule has 222 valence electrons. The molecule has 0 fully saturated rings. The minimum absolute atomic E-state index is 0.0183. The van der Waals surface area contributed by atoms with Crippen LogP contribution in [0.3, 0.4) is 0 Å². The summed E-state index contributed by atoms with van der Waals surface area (Å²) in [5, 5.41) is 2.86. The number of nitrogens with one attached hydrogen (secondary N) is 1. The smallest absolute Gasteiger partial charge is 0.227 e. The number of ketones is 1. The number of hydrogen-bond donors (Lipinski definition) is 1. The molecule has 1 aromatic heterocycles. The van der Waals surface area contributed by atoms with Crippen LogP contribution in [-0.4, -0.2) is 33.3 Å². The Morgan fingerprint density at radius 3 is 2.27 bits per heavy atom. The number of aromatic nitrogens is 1. The van der Waals surface area contributed by atoms with Gasteiger partial charge in [-0.1, -0.05) is 103 Å². The molecule has 5 nitrogen and oxygen atoms in total. The van der Waals surface area contributed by atoms with Crippen LogP contribution in [0.4, 0.5) is 0 Å². The summed E-state index contributed by atoms with van der Waals surface area (Å²) in [5.41, 5.74) is 7.47. The lowest BCUT2D eigenvalue weighted by atomic mass is 9.81. The Morgan fingerprint density at radius 1 is 0.844 bits per heavy atom. The molecule has 0 saturated carbocycles. The molecule has 2 aliphatic rings. The van der Waals surface area contributed by atoms with Crippen molar-refractivity contribution in [2.45, 2.75) is 39.3 Å². The van der Waals surface area contributed by atoms with Gasteiger partial charge in [0.1, 0.15) is 0 Å². The molecule has 0 saturated heterocycles. The van der Waals surface area contributed by atoms with Crippen molar-refractivity contribution < 1.29 is 9.59 Å². The Hall–Kier alpha value is -5.29. The van der Waals surface area contributed by atoms with Crippen LogP contribution in [0.2, 0.25) is 0 Å². The summed E-state index contributed by atoms with van der Waals surface area (Å²) < 4.78 is 0. The number of carbonyl (C=O) groups excluding carboxylic acids is 2. The minimum atomic E-state index is -0.499. The molecule has 1 aliphatic carbocycles. The van der Waals surface area contributed by atoms with Crippen molar-refractivity contribution in [3.8, 4) is 0 Å². The Kier molecular flexibility index (Phi) is 7.60. The second kappa shape index (κ2) is 12.0. The number of fused-ring (bicyclic) bond motifs is 3. The molecule has 0 spiro atoms. The molecule has 1 atom stereocenters. The lowest BCUT2D eigenvalue weighted by molar-refractivity contribution is -0.133. The summed E-state index contributed by atoms with van der Waals surface area (Å²) in [6.07, 6.45) is 4.42. The Balaban J connectivity index is 1.38. The number of benzene rings is 4. The molecule has 1 aliphatic heterocycles. The van der Waals surface area contributed by atoms with Gasteiger partial charge in [-0.3, -0.25) is 14.6 Å². The van der Waals surface area contributed by atoms with Crippen LogP contribution in [0.25, 0.3) is 22.0 Å². The molecule has 1 amide bonds. The Labute approximate surface area is 263 Å². The number of amides is 1. The van der Waals surface area contributed by atoms with E-state index in [-0.39, 0.29) is 24.2 Å². The molecule has 0 radical (unpaired) electrons. The zero-order valence-corrected chi connectivity index (χ0v) is 25.5. The number of para-hydroxylation sites is 1. The van der Waals surface area contributed by atoms with Crippen molar-refractivity contribution in [3.63, 3.8) is 0 Å². The van der Waals surface area contributed by atoms with Crippen LogP contribution >= 0.6 is 0 Å². The monoisotopic (exact) mass is 589 g/mol. The van der Waals surface area contributed by atoms with Gasteiger partial charge >= 0.3 is 0 Å². The van der Waals surface area contributed by atoms with Crippen LogP contribution < -0.4 is 10.4 Å². The fraction of sp³-hybridized carbons (Fsp3) is 0.175. The van der Waals surface area contributed by atoms with Gasteiger partial charge in [0, 0.05) is 52.6 Å². The zero-order chi connectivity index (χ0) is 30.9. The summed E-state index contributed by atoms with van der Waals surface area (Å²) >= 11 is 0. The molecule has 1 unspecified atom stereocenters. The van der Waals surface area contributed by atoms with Crippen LogP contribution in [0.15, 0.2) is 132 Å². The lowest BCUT2D eigenvalue weighted by Gasteiger charge is -2.28. The van der Waals surface area contributed by atoms with Crippen molar-refractivity contribution in [1.82, 2.24) is 9.88 Å². The third-order valence-electron chi connectivity index (χ3n) is 8.98. The van der Waals surface area contributed by atoms with E-state index in [1.807, 2.05) is 110 Å². The van der Waals surface area contributed by atoms with E-state index in [1.165, 1.54) is 0 Å². The Bertz CT molecular complexity index is 2100. The number of nitrogens with zero attached hydrogens (tertiary/aromatic N) is 2. The van der Waals surface area contributed by atoms with Crippen LogP contribution in [0, 0.1) is 5.92 Å². The highest BCUT2D eigenvalue weighted by Gasteiger charge is 2.37. The van der Waals surface area contributed by atoms with E-state index in [0.29, 0.717) is 18.5 Å². The summed E-state index contributed by atoms with van der Waals surface area (Å²) in [4.78, 5) is 39.3. The van der Waals surface area contributed by atoms with E-state index >= 15 is 0 Å². The molecule has 4 aromatic carbocycles. The molecule has 45 heavy (non-hydrogen) atoms. The molecule has 1 N–H and O–H groups in total. The number of Topliss-reactive ketones (excluding diaryl/α,β-unsaturated/α-hetero) is 1. The first kappa shape index (κ1) is 28.5. The highest BCUT2D eigenvalue weighted by molar-refractivity contribution is 6.36. The van der Waals surface area contributed by atoms with Gasteiger partial charge in [0.15, 0.2) is 5.78 Å². The number of rotatable bonds is 8. The van der Waals surface area contributed by atoms with E-state index in [2.05, 4.69) is 35.3 Å². The maximum atomic E-state index is 14.9. The van der Waals surface area contributed by atoms with Gasteiger partial charge in [0.2, 0.25) is 5.91 Å². The van der Waals surface area contributed by atoms with Crippen molar-refractivity contribution in [3.05, 3.63) is 154 Å². The molecule has 2 heterocycles. The quantitative estimate of drug-likeness (QED) is 0.237. The molecule has 5 aromatic rings. The molecular formula is C40H35N3O2. The van der Waals surface area contributed by atoms with Gasteiger partial charge in [-0.25, -0.2) is 0 Å². The van der Waals surface area contributed by atoms with Crippen molar-refractivity contribution in [2.75, 3.05) is 0 Å². The van der Waals surface area contributed by atoms with Crippen LogP contribution in [0.5, 0.6) is 0 Å². The van der Waals surface area contributed by atoms with Crippen molar-refractivity contribution >= 4 is 39.5 Å². The minimum Gasteiger partial charge on any atom is -0.361 e. The topological polar surface area (TPSA) is 65.5 Å². The second-order valence-corrected chi connectivity index (χ2v) is 12.1. The number of H-pyrrole nitrogens is 1. The number of allylic oxidation sites excluding steroid dienone is 1. The number of aromatic amines is 1. The highest BCUT2D eigenvalue weighted by Crippen LogP contribution is 2.36. The molecule has 0 bridgehead atoms. The maximum absolute atomic E-state index is 14.9. The molecule has 5 heteroatoms. The van der Waals surface area contributed by atoms with Gasteiger partial charge in [-0.05, 0) is 53.5 Å².